The lowest BCUT2D eigenvalue weighted by molar-refractivity contribution is 0.967. The van der Waals surface area contributed by atoms with E-state index in [0.717, 1.165) is 12.8 Å². The molecule has 0 aliphatic heterocycles. The Kier molecular flexibility index (Phi) is 3.56. The third-order valence-electron chi connectivity index (χ3n) is 4.04. The zero-order valence-electron chi connectivity index (χ0n) is 12.2. The molecule has 0 saturated carbocycles. The first-order valence-corrected chi connectivity index (χ1v) is 7.27. The third kappa shape index (κ3) is 2.60. The van der Waals surface area contributed by atoms with Crippen molar-refractivity contribution in [2.45, 2.75) is 26.7 Å². The number of fused-ring (bicyclic) bond motifs is 1. The smallest absolute Gasteiger partial charge is 0.0149 e. The van der Waals surface area contributed by atoms with Gasteiger partial charge in [0.1, 0.15) is 0 Å². The van der Waals surface area contributed by atoms with Crippen molar-refractivity contribution in [2.75, 3.05) is 0 Å². The summed E-state index contributed by atoms with van der Waals surface area (Å²) in [6.07, 6.45) is 2.21. The minimum absolute atomic E-state index is 1.10. The summed E-state index contributed by atoms with van der Waals surface area (Å²) in [5.41, 5.74) is 5.56. The fourth-order valence-corrected chi connectivity index (χ4v) is 2.76. The molecule has 0 saturated heterocycles. The molecule has 0 unspecified atom stereocenters. The maximum absolute atomic E-state index is 2.28. The van der Waals surface area contributed by atoms with Gasteiger partial charge in [-0.1, -0.05) is 66.2 Å². The predicted octanol–water partition coefficient (Wildman–Crippen LogP) is 5.24. The monoisotopic (exact) mass is 260 g/mol. The quantitative estimate of drug-likeness (QED) is 0.604. The molecule has 0 spiro atoms. The van der Waals surface area contributed by atoms with Gasteiger partial charge in [-0.15, -0.1) is 0 Å². The lowest BCUT2D eigenvalue weighted by atomic mass is 9.96. The van der Waals surface area contributed by atoms with Gasteiger partial charge in [0.25, 0.3) is 0 Å². The number of hydrogen-bond acceptors (Lipinski definition) is 0. The summed E-state index contributed by atoms with van der Waals surface area (Å²) in [5, 5.41) is 2.79. The van der Waals surface area contributed by atoms with Crippen LogP contribution in [0.2, 0.25) is 0 Å². The largest absolute Gasteiger partial charge is 0.0616 e. The highest BCUT2D eigenvalue weighted by atomic mass is 14.1. The molecule has 0 fully saturated rings. The van der Waals surface area contributed by atoms with Crippen molar-refractivity contribution in [3.63, 3.8) is 0 Å². The summed E-state index contributed by atoms with van der Waals surface area (Å²) in [4.78, 5) is 0. The lowest BCUT2D eigenvalue weighted by Gasteiger charge is -2.09. The van der Waals surface area contributed by atoms with E-state index < -0.39 is 0 Å². The van der Waals surface area contributed by atoms with Crippen molar-refractivity contribution < 1.29 is 0 Å². The zero-order chi connectivity index (χ0) is 13.9. The summed E-state index contributed by atoms with van der Waals surface area (Å²) >= 11 is 0. The van der Waals surface area contributed by atoms with Crippen LogP contribution in [-0.4, -0.2) is 0 Å². The molecule has 20 heavy (non-hydrogen) atoms. The SMILES string of the molecule is Cc1ccc(CCc2ccc(C)c3ccccc23)cc1. The molecule has 0 radical (unpaired) electrons. The summed E-state index contributed by atoms with van der Waals surface area (Å²) < 4.78 is 0. The molecule has 0 aliphatic rings. The van der Waals surface area contributed by atoms with Crippen LogP contribution >= 0.6 is 0 Å². The topological polar surface area (TPSA) is 0 Å². The van der Waals surface area contributed by atoms with Gasteiger partial charge >= 0.3 is 0 Å². The van der Waals surface area contributed by atoms with Crippen LogP contribution in [0, 0.1) is 13.8 Å². The first-order valence-electron chi connectivity index (χ1n) is 7.27. The second kappa shape index (κ2) is 5.50. The van der Waals surface area contributed by atoms with E-state index in [-0.39, 0.29) is 0 Å². The molecule has 100 valence electrons. The van der Waals surface area contributed by atoms with Crippen molar-refractivity contribution in [2.24, 2.45) is 0 Å². The van der Waals surface area contributed by atoms with Gasteiger partial charge in [-0.3, -0.25) is 0 Å². The number of rotatable bonds is 3. The Hall–Kier alpha value is -2.08. The second-order valence-corrected chi connectivity index (χ2v) is 5.57. The Morgan fingerprint density at radius 2 is 1.35 bits per heavy atom. The first-order chi connectivity index (χ1) is 9.74. The molecular formula is C20H20. The van der Waals surface area contributed by atoms with Gasteiger partial charge in [-0.05, 0) is 54.2 Å². The van der Waals surface area contributed by atoms with Crippen LogP contribution in [0.5, 0.6) is 0 Å². The van der Waals surface area contributed by atoms with Gasteiger partial charge in [0.05, 0.1) is 0 Å². The summed E-state index contributed by atoms with van der Waals surface area (Å²) in [6, 6.07) is 22.1. The second-order valence-electron chi connectivity index (χ2n) is 5.57. The Balaban J connectivity index is 1.88. The number of hydrogen-bond donors (Lipinski definition) is 0. The van der Waals surface area contributed by atoms with E-state index in [1.807, 2.05) is 0 Å². The van der Waals surface area contributed by atoms with Crippen molar-refractivity contribution in [1.29, 1.82) is 0 Å². The zero-order valence-corrected chi connectivity index (χ0v) is 12.2. The molecule has 0 aromatic heterocycles. The van der Waals surface area contributed by atoms with Crippen LogP contribution in [0.25, 0.3) is 10.8 Å². The lowest BCUT2D eigenvalue weighted by Crippen LogP contribution is -1.93. The Morgan fingerprint density at radius 1 is 0.650 bits per heavy atom. The fraction of sp³-hybridized carbons (Fsp3) is 0.200. The van der Waals surface area contributed by atoms with Crippen molar-refractivity contribution >= 4 is 10.8 Å². The Labute approximate surface area is 121 Å². The van der Waals surface area contributed by atoms with Gasteiger partial charge in [-0.25, -0.2) is 0 Å². The molecule has 0 heteroatoms. The predicted molar refractivity (Wildman–Crippen MR) is 87.3 cm³/mol. The first kappa shape index (κ1) is 12.9. The van der Waals surface area contributed by atoms with Gasteiger partial charge < -0.3 is 0 Å². The fourth-order valence-electron chi connectivity index (χ4n) is 2.76. The maximum Gasteiger partial charge on any atom is -0.0149 e. The Morgan fingerprint density at radius 3 is 2.10 bits per heavy atom. The van der Waals surface area contributed by atoms with E-state index in [0.29, 0.717) is 0 Å². The van der Waals surface area contributed by atoms with E-state index in [2.05, 4.69) is 74.5 Å². The molecule has 0 amide bonds. The average Bonchev–Trinajstić information content (AvgIpc) is 2.49. The molecule has 0 N–H and O–H groups in total. The van der Waals surface area contributed by atoms with Crippen molar-refractivity contribution in [3.05, 3.63) is 82.9 Å². The van der Waals surface area contributed by atoms with Crippen LogP contribution in [0.15, 0.2) is 60.7 Å². The molecule has 0 heterocycles. The molecule has 0 atom stereocenters. The molecule has 0 bridgehead atoms. The number of aryl methyl sites for hydroxylation is 4. The normalized spacial score (nSPS) is 10.9. The maximum atomic E-state index is 2.28. The highest BCUT2D eigenvalue weighted by Gasteiger charge is 2.03. The number of benzene rings is 3. The molecule has 0 nitrogen and oxygen atoms in total. The summed E-state index contributed by atoms with van der Waals surface area (Å²) in [7, 11) is 0. The Bertz CT molecular complexity index is 721. The van der Waals surface area contributed by atoms with E-state index in [1.165, 1.54) is 33.0 Å². The van der Waals surface area contributed by atoms with Gasteiger partial charge in [0.15, 0.2) is 0 Å². The minimum atomic E-state index is 1.10. The van der Waals surface area contributed by atoms with Gasteiger partial charge in [0.2, 0.25) is 0 Å². The standard InChI is InChI=1S/C20H20/c1-15-7-10-17(11-8-15)12-14-18-13-9-16(2)19-5-3-4-6-20(18)19/h3-11,13H,12,14H2,1-2H3. The molecule has 3 aromatic rings. The van der Waals surface area contributed by atoms with Crippen LogP contribution in [0.4, 0.5) is 0 Å². The van der Waals surface area contributed by atoms with E-state index in [9.17, 15) is 0 Å². The van der Waals surface area contributed by atoms with Crippen molar-refractivity contribution in [1.82, 2.24) is 0 Å². The summed E-state index contributed by atoms with van der Waals surface area (Å²) in [6.45, 7) is 4.32. The van der Waals surface area contributed by atoms with Crippen LogP contribution in [0.3, 0.4) is 0 Å². The molecular weight excluding hydrogens is 240 g/mol. The van der Waals surface area contributed by atoms with Crippen LogP contribution in [-0.2, 0) is 12.8 Å². The highest BCUT2D eigenvalue weighted by Crippen LogP contribution is 2.23. The average molecular weight is 260 g/mol. The summed E-state index contributed by atoms with van der Waals surface area (Å²) in [5.74, 6) is 0. The van der Waals surface area contributed by atoms with Crippen molar-refractivity contribution in [3.8, 4) is 0 Å². The van der Waals surface area contributed by atoms with E-state index in [1.54, 1.807) is 0 Å². The van der Waals surface area contributed by atoms with E-state index >= 15 is 0 Å². The van der Waals surface area contributed by atoms with E-state index in [4.69, 9.17) is 0 Å². The van der Waals surface area contributed by atoms with Gasteiger partial charge in [-0.2, -0.15) is 0 Å². The van der Waals surface area contributed by atoms with Crippen LogP contribution in [0.1, 0.15) is 22.3 Å². The molecule has 3 aromatic carbocycles. The molecule has 0 aliphatic carbocycles. The molecule has 3 rings (SSSR count). The highest BCUT2D eigenvalue weighted by molar-refractivity contribution is 5.88. The van der Waals surface area contributed by atoms with Crippen LogP contribution < -0.4 is 0 Å². The van der Waals surface area contributed by atoms with Gasteiger partial charge in [0, 0.05) is 0 Å². The minimum Gasteiger partial charge on any atom is -0.0616 e. The third-order valence-corrected chi connectivity index (χ3v) is 4.04.